The predicted octanol–water partition coefficient (Wildman–Crippen LogP) is 0.919. The van der Waals surface area contributed by atoms with E-state index in [-0.39, 0.29) is 12.7 Å². The second-order valence-electron chi connectivity index (χ2n) is 5.11. The Labute approximate surface area is 120 Å². The topological polar surface area (TPSA) is 93.5 Å². The van der Waals surface area contributed by atoms with Gasteiger partial charge in [0, 0.05) is 17.7 Å². The average molecular weight is 286 g/mol. The first-order valence-electron chi connectivity index (χ1n) is 6.73. The van der Waals surface area contributed by atoms with Crippen molar-refractivity contribution in [2.45, 2.75) is 13.0 Å². The molecule has 0 saturated heterocycles. The molecule has 0 unspecified atom stereocenters. The summed E-state index contributed by atoms with van der Waals surface area (Å²) in [6, 6.07) is 5.24. The van der Waals surface area contributed by atoms with E-state index in [1.165, 1.54) is 0 Å². The van der Waals surface area contributed by atoms with Gasteiger partial charge >= 0.3 is 0 Å². The first-order valence-corrected chi connectivity index (χ1v) is 6.73. The lowest BCUT2D eigenvalue weighted by atomic mass is 10.1. The zero-order chi connectivity index (χ0) is 14.4. The zero-order valence-electron chi connectivity index (χ0n) is 11.3. The fourth-order valence-corrected chi connectivity index (χ4v) is 2.73. The molecule has 0 bridgehead atoms. The number of nitrogens with zero attached hydrogens (tertiary/aromatic N) is 2. The van der Waals surface area contributed by atoms with Crippen molar-refractivity contribution in [2.75, 3.05) is 19.1 Å². The lowest BCUT2D eigenvalue weighted by Gasteiger charge is -2.26. The van der Waals surface area contributed by atoms with E-state index in [9.17, 15) is 4.79 Å². The summed E-state index contributed by atoms with van der Waals surface area (Å²) in [6.45, 7) is 1.32. The third-order valence-corrected chi connectivity index (χ3v) is 3.87. The van der Waals surface area contributed by atoms with Crippen molar-refractivity contribution in [3.05, 3.63) is 35.0 Å². The van der Waals surface area contributed by atoms with Gasteiger partial charge in [-0.05, 0) is 24.6 Å². The van der Waals surface area contributed by atoms with Crippen LogP contribution in [0, 0.1) is 0 Å². The Morgan fingerprint density at radius 3 is 3.10 bits per heavy atom. The maximum atomic E-state index is 12.6. The van der Waals surface area contributed by atoms with E-state index in [1.54, 1.807) is 23.1 Å². The lowest BCUT2D eigenvalue weighted by Crippen LogP contribution is -2.36. The van der Waals surface area contributed by atoms with Crippen LogP contribution < -0.4 is 15.2 Å². The number of rotatable bonds is 1. The van der Waals surface area contributed by atoms with Crippen LogP contribution in [0.25, 0.3) is 0 Å². The fraction of sp³-hybridized carbons (Fsp3) is 0.286. The van der Waals surface area contributed by atoms with Crippen LogP contribution in [0.1, 0.15) is 21.6 Å². The normalized spacial score (nSPS) is 15.9. The van der Waals surface area contributed by atoms with Crippen LogP contribution in [0.5, 0.6) is 11.5 Å². The first kappa shape index (κ1) is 12.1. The van der Waals surface area contributed by atoms with Gasteiger partial charge in [-0.25, -0.2) is 0 Å². The molecule has 0 aliphatic carbocycles. The smallest absolute Gasteiger partial charge is 0.254 e. The summed E-state index contributed by atoms with van der Waals surface area (Å²) >= 11 is 0. The van der Waals surface area contributed by atoms with Gasteiger partial charge in [-0.15, -0.1) is 0 Å². The maximum absolute atomic E-state index is 12.6. The monoisotopic (exact) mass is 286 g/mol. The molecule has 2 aliphatic rings. The van der Waals surface area contributed by atoms with Crippen LogP contribution in [0.15, 0.2) is 18.2 Å². The summed E-state index contributed by atoms with van der Waals surface area (Å²) in [5, 5.41) is 6.88. The van der Waals surface area contributed by atoms with Crippen molar-refractivity contribution < 1.29 is 14.3 Å². The van der Waals surface area contributed by atoms with E-state index in [0.717, 1.165) is 11.3 Å². The van der Waals surface area contributed by atoms with Crippen molar-refractivity contribution in [3.63, 3.8) is 0 Å². The maximum Gasteiger partial charge on any atom is 0.254 e. The molecule has 0 saturated carbocycles. The Balaban J connectivity index is 1.58. The van der Waals surface area contributed by atoms with E-state index in [2.05, 4.69) is 10.2 Å². The Bertz CT molecular complexity index is 725. The van der Waals surface area contributed by atoms with Crippen molar-refractivity contribution in [1.82, 2.24) is 15.1 Å². The highest BCUT2D eigenvalue weighted by Crippen LogP contribution is 2.33. The molecule has 0 spiro atoms. The summed E-state index contributed by atoms with van der Waals surface area (Å²) in [5.74, 6) is 1.78. The second-order valence-corrected chi connectivity index (χ2v) is 5.11. The largest absolute Gasteiger partial charge is 0.454 e. The molecule has 108 valence electrons. The molecule has 4 rings (SSSR count). The van der Waals surface area contributed by atoms with Crippen molar-refractivity contribution >= 4 is 11.7 Å². The molecule has 7 nitrogen and oxygen atoms in total. The fourth-order valence-electron chi connectivity index (χ4n) is 2.73. The van der Waals surface area contributed by atoms with Crippen LogP contribution in [0.3, 0.4) is 0 Å². The number of H-pyrrole nitrogens is 1. The zero-order valence-corrected chi connectivity index (χ0v) is 11.3. The number of aromatic nitrogens is 2. The minimum Gasteiger partial charge on any atom is -0.454 e. The van der Waals surface area contributed by atoms with Crippen LogP contribution in [0.2, 0.25) is 0 Å². The minimum absolute atomic E-state index is 0.0351. The number of hydrogen-bond acceptors (Lipinski definition) is 5. The van der Waals surface area contributed by atoms with Crippen LogP contribution in [0.4, 0.5) is 5.82 Å². The Kier molecular flexibility index (Phi) is 2.53. The van der Waals surface area contributed by atoms with Gasteiger partial charge in [0.05, 0.1) is 12.2 Å². The van der Waals surface area contributed by atoms with Crippen molar-refractivity contribution in [3.8, 4) is 11.5 Å². The van der Waals surface area contributed by atoms with Gasteiger partial charge in [0.25, 0.3) is 5.91 Å². The minimum atomic E-state index is -0.0351. The van der Waals surface area contributed by atoms with E-state index in [0.29, 0.717) is 42.4 Å². The van der Waals surface area contributed by atoms with Crippen LogP contribution >= 0.6 is 0 Å². The van der Waals surface area contributed by atoms with Gasteiger partial charge in [-0.3, -0.25) is 9.89 Å². The first-order chi connectivity index (χ1) is 10.2. The summed E-state index contributed by atoms with van der Waals surface area (Å²) in [6.07, 6.45) is 0.716. The number of fused-ring (bicyclic) bond motifs is 2. The molecule has 0 fully saturated rings. The number of nitrogen functional groups attached to an aromatic ring is 1. The number of carbonyl (C=O) groups is 1. The van der Waals surface area contributed by atoms with Crippen LogP contribution in [-0.2, 0) is 13.0 Å². The molecule has 1 amide bonds. The third kappa shape index (κ3) is 1.89. The number of hydrogen-bond donors (Lipinski definition) is 2. The number of amides is 1. The molecule has 2 aromatic rings. The molecule has 0 radical (unpaired) electrons. The SMILES string of the molecule is Nc1n[nH]c2c1CCN(C(=O)c1ccc3c(c1)OCO3)C2. The third-order valence-electron chi connectivity index (χ3n) is 3.87. The lowest BCUT2D eigenvalue weighted by molar-refractivity contribution is 0.0732. The number of ether oxygens (including phenoxy) is 2. The average Bonchev–Trinajstić information content (AvgIpc) is 3.12. The highest BCUT2D eigenvalue weighted by molar-refractivity contribution is 5.95. The number of carbonyl (C=O) groups excluding carboxylic acids is 1. The Hall–Kier alpha value is -2.70. The van der Waals surface area contributed by atoms with Crippen LogP contribution in [-0.4, -0.2) is 34.3 Å². The molecule has 0 atom stereocenters. The van der Waals surface area contributed by atoms with Gasteiger partial charge in [0.1, 0.15) is 5.82 Å². The van der Waals surface area contributed by atoms with Gasteiger partial charge in [-0.1, -0.05) is 0 Å². The molecule has 1 aromatic carbocycles. The predicted molar refractivity (Wildman–Crippen MR) is 74.0 cm³/mol. The van der Waals surface area contributed by atoms with E-state index in [1.807, 2.05) is 0 Å². The number of nitrogens with one attached hydrogen (secondary N) is 1. The number of nitrogens with two attached hydrogens (primary N) is 1. The quantitative estimate of drug-likeness (QED) is 0.813. The van der Waals surface area contributed by atoms with Gasteiger partial charge < -0.3 is 20.1 Å². The summed E-state index contributed by atoms with van der Waals surface area (Å²) < 4.78 is 10.6. The molecular weight excluding hydrogens is 272 g/mol. The van der Waals surface area contributed by atoms with Gasteiger partial charge in [0.2, 0.25) is 6.79 Å². The van der Waals surface area contributed by atoms with Gasteiger partial charge in [-0.2, -0.15) is 5.10 Å². The number of aromatic amines is 1. The summed E-state index contributed by atoms with van der Waals surface area (Å²) in [7, 11) is 0. The van der Waals surface area contributed by atoms with Crippen molar-refractivity contribution in [1.29, 1.82) is 0 Å². The molecular formula is C14H14N4O3. The standard InChI is InChI=1S/C14H14N4O3/c15-13-9-3-4-18(6-10(9)16-17-13)14(19)8-1-2-11-12(5-8)21-7-20-11/h1-2,5H,3-4,6-7H2,(H3,15,16,17). The van der Waals surface area contributed by atoms with E-state index >= 15 is 0 Å². The number of benzene rings is 1. The highest BCUT2D eigenvalue weighted by Gasteiger charge is 2.26. The van der Waals surface area contributed by atoms with E-state index < -0.39 is 0 Å². The molecule has 2 aliphatic heterocycles. The molecule has 3 N–H and O–H groups in total. The van der Waals surface area contributed by atoms with Gasteiger partial charge in [0.15, 0.2) is 11.5 Å². The van der Waals surface area contributed by atoms with Crippen molar-refractivity contribution in [2.24, 2.45) is 0 Å². The summed E-state index contributed by atoms with van der Waals surface area (Å²) in [5.41, 5.74) is 8.30. The molecule has 7 heteroatoms. The number of anilines is 1. The second kappa shape index (κ2) is 4.41. The molecule has 3 heterocycles. The summed E-state index contributed by atoms with van der Waals surface area (Å²) in [4.78, 5) is 14.4. The Morgan fingerprint density at radius 2 is 2.19 bits per heavy atom. The van der Waals surface area contributed by atoms with E-state index in [4.69, 9.17) is 15.2 Å². The Morgan fingerprint density at radius 1 is 1.33 bits per heavy atom. The molecule has 21 heavy (non-hydrogen) atoms. The highest BCUT2D eigenvalue weighted by atomic mass is 16.7. The molecule has 1 aromatic heterocycles.